The van der Waals surface area contributed by atoms with E-state index in [9.17, 15) is 13.6 Å². The van der Waals surface area contributed by atoms with Crippen molar-refractivity contribution < 1.29 is 13.6 Å². The molecular formula is C21H21F2N3O. The van der Waals surface area contributed by atoms with Crippen molar-refractivity contribution >= 4 is 5.91 Å². The van der Waals surface area contributed by atoms with Crippen molar-refractivity contribution in [3.63, 3.8) is 0 Å². The van der Waals surface area contributed by atoms with Gasteiger partial charge in [0.25, 0.3) is 5.91 Å². The minimum absolute atomic E-state index is 0.0566. The number of nitrogens with zero attached hydrogens (tertiary/aromatic N) is 3. The highest BCUT2D eigenvalue weighted by Crippen LogP contribution is 2.25. The molecule has 0 unspecified atom stereocenters. The zero-order valence-electron chi connectivity index (χ0n) is 15.5. The number of benzene rings is 2. The van der Waals surface area contributed by atoms with Gasteiger partial charge in [-0.15, -0.1) is 0 Å². The smallest absolute Gasteiger partial charge is 0.274 e. The molecule has 1 amide bonds. The Morgan fingerprint density at radius 2 is 1.85 bits per heavy atom. The van der Waals surface area contributed by atoms with Crippen LogP contribution in [0.4, 0.5) is 8.78 Å². The van der Waals surface area contributed by atoms with Crippen LogP contribution in [0.3, 0.4) is 0 Å². The molecule has 0 radical (unpaired) electrons. The second-order valence-corrected chi connectivity index (χ2v) is 6.77. The molecule has 0 N–H and O–H groups in total. The normalized spacial score (nSPS) is 11.0. The average molecular weight is 369 g/mol. The number of carbonyl (C=O) groups excluding carboxylic acids is 1. The highest BCUT2D eigenvalue weighted by atomic mass is 19.1. The molecule has 1 aromatic heterocycles. The minimum Gasteiger partial charge on any atom is -0.340 e. The second-order valence-electron chi connectivity index (χ2n) is 6.77. The lowest BCUT2D eigenvalue weighted by Gasteiger charge is -2.26. The molecule has 0 saturated carbocycles. The molecular weight excluding hydrogens is 348 g/mol. The summed E-state index contributed by atoms with van der Waals surface area (Å²) in [5, 5.41) is 0. The molecule has 0 saturated heterocycles. The lowest BCUT2D eigenvalue weighted by molar-refractivity contribution is 0.0684. The van der Waals surface area contributed by atoms with Crippen LogP contribution in [0.15, 0.2) is 55.0 Å². The molecule has 3 rings (SSSR count). The van der Waals surface area contributed by atoms with E-state index < -0.39 is 5.82 Å². The molecule has 4 nitrogen and oxygen atoms in total. The van der Waals surface area contributed by atoms with E-state index in [-0.39, 0.29) is 17.8 Å². The Labute approximate surface area is 157 Å². The van der Waals surface area contributed by atoms with Gasteiger partial charge >= 0.3 is 0 Å². The highest BCUT2D eigenvalue weighted by Gasteiger charge is 2.21. The molecule has 3 aromatic rings. The number of rotatable bonds is 5. The van der Waals surface area contributed by atoms with Crippen LogP contribution in [-0.4, -0.2) is 26.4 Å². The van der Waals surface area contributed by atoms with E-state index in [1.165, 1.54) is 30.3 Å². The predicted octanol–water partition coefficient (Wildman–Crippen LogP) is 4.42. The summed E-state index contributed by atoms with van der Waals surface area (Å²) in [6.07, 6.45) is 3.25. The van der Waals surface area contributed by atoms with E-state index in [0.717, 1.165) is 5.56 Å². The molecule has 140 valence electrons. The summed E-state index contributed by atoms with van der Waals surface area (Å²) in [6, 6.07) is 10.3. The van der Waals surface area contributed by atoms with Gasteiger partial charge in [-0.05, 0) is 49.2 Å². The van der Waals surface area contributed by atoms with Crippen LogP contribution < -0.4 is 0 Å². The molecule has 1 heterocycles. The van der Waals surface area contributed by atoms with Gasteiger partial charge in [-0.25, -0.2) is 13.8 Å². The average Bonchev–Trinajstić information content (AvgIpc) is 3.07. The van der Waals surface area contributed by atoms with Crippen molar-refractivity contribution in [2.45, 2.75) is 26.4 Å². The molecule has 0 aliphatic rings. The van der Waals surface area contributed by atoms with Gasteiger partial charge in [-0.1, -0.05) is 18.2 Å². The fraction of sp³-hybridized carbons (Fsp3) is 0.238. The van der Waals surface area contributed by atoms with Crippen molar-refractivity contribution in [3.05, 3.63) is 77.9 Å². The summed E-state index contributed by atoms with van der Waals surface area (Å²) in [5.41, 5.74) is 2.12. The molecule has 0 bridgehead atoms. The van der Waals surface area contributed by atoms with E-state index in [0.29, 0.717) is 23.4 Å². The summed E-state index contributed by atoms with van der Waals surface area (Å²) in [4.78, 5) is 18.6. The summed E-state index contributed by atoms with van der Waals surface area (Å²) < 4.78 is 29.2. The number of halogens is 2. The van der Waals surface area contributed by atoms with Crippen LogP contribution in [0.25, 0.3) is 11.1 Å². The van der Waals surface area contributed by atoms with Crippen LogP contribution in [-0.2, 0) is 13.6 Å². The van der Waals surface area contributed by atoms with Crippen molar-refractivity contribution in [1.82, 2.24) is 14.5 Å². The highest BCUT2D eigenvalue weighted by molar-refractivity contribution is 5.92. The number of aromatic nitrogens is 2. The Morgan fingerprint density at radius 3 is 2.44 bits per heavy atom. The Morgan fingerprint density at radius 1 is 1.15 bits per heavy atom. The van der Waals surface area contributed by atoms with Crippen molar-refractivity contribution in [3.8, 4) is 11.1 Å². The molecule has 0 fully saturated rings. The monoisotopic (exact) mass is 369 g/mol. The molecule has 0 aliphatic heterocycles. The second kappa shape index (κ2) is 7.70. The Kier molecular flexibility index (Phi) is 5.35. The Balaban J connectivity index is 1.89. The number of carbonyl (C=O) groups is 1. The first-order valence-corrected chi connectivity index (χ1v) is 8.68. The van der Waals surface area contributed by atoms with Gasteiger partial charge in [0, 0.05) is 31.4 Å². The molecule has 0 atom stereocenters. The maximum atomic E-state index is 14.3. The quantitative estimate of drug-likeness (QED) is 0.668. The largest absolute Gasteiger partial charge is 0.340 e. The molecule has 2 aromatic carbocycles. The zero-order chi connectivity index (χ0) is 19.6. The van der Waals surface area contributed by atoms with Gasteiger partial charge in [-0.3, -0.25) is 4.79 Å². The first-order valence-electron chi connectivity index (χ1n) is 8.68. The molecule has 0 aliphatic carbocycles. The number of amides is 1. The van der Waals surface area contributed by atoms with Gasteiger partial charge in [-0.2, -0.15) is 0 Å². The fourth-order valence-corrected chi connectivity index (χ4v) is 2.88. The van der Waals surface area contributed by atoms with E-state index in [2.05, 4.69) is 4.98 Å². The van der Waals surface area contributed by atoms with Gasteiger partial charge < -0.3 is 9.47 Å². The summed E-state index contributed by atoms with van der Waals surface area (Å²) >= 11 is 0. The maximum absolute atomic E-state index is 14.3. The molecule has 27 heavy (non-hydrogen) atoms. The van der Waals surface area contributed by atoms with Crippen molar-refractivity contribution in [2.75, 3.05) is 0 Å². The summed E-state index contributed by atoms with van der Waals surface area (Å²) in [6.45, 7) is 4.16. The SMILES string of the molecule is CC(C)N(Cc1ccc(F)c(-c2ccc(F)cc2)c1)C(=O)c1cn(C)cn1. The molecule has 6 heteroatoms. The van der Waals surface area contributed by atoms with Crippen molar-refractivity contribution in [1.29, 1.82) is 0 Å². The predicted molar refractivity (Wildman–Crippen MR) is 100 cm³/mol. The molecule has 0 spiro atoms. The summed E-state index contributed by atoms with van der Waals surface area (Å²) in [7, 11) is 1.80. The zero-order valence-corrected chi connectivity index (χ0v) is 15.5. The van der Waals surface area contributed by atoms with Crippen LogP contribution in [0.5, 0.6) is 0 Å². The standard InChI is InChI=1S/C21H21F2N3O/c1-14(2)26(21(27)20-12-25(3)13-24-20)11-15-4-9-19(23)18(10-15)16-5-7-17(22)8-6-16/h4-10,12-14H,11H2,1-3H3. The third kappa shape index (κ3) is 4.22. The number of hydrogen-bond acceptors (Lipinski definition) is 2. The van der Waals surface area contributed by atoms with Crippen LogP contribution >= 0.6 is 0 Å². The minimum atomic E-state index is -0.391. The van der Waals surface area contributed by atoms with Crippen molar-refractivity contribution in [2.24, 2.45) is 7.05 Å². The van der Waals surface area contributed by atoms with Gasteiger partial charge in [0.05, 0.1) is 6.33 Å². The van der Waals surface area contributed by atoms with Gasteiger partial charge in [0.1, 0.15) is 17.3 Å². The van der Waals surface area contributed by atoms with E-state index in [1.807, 2.05) is 13.8 Å². The Hall–Kier alpha value is -3.02. The Bertz CT molecular complexity index is 948. The van der Waals surface area contributed by atoms with Crippen LogP contribution in [0.2, 0.25) is 0 Å². The topological polar surface area (TPSA) is 38.1 Å². The van der Waals surface area contributed by atoms with Gasteiger partial charge in [0.2, 0.25) is 0 Å². The van der Waals surface area contributed by atoms with E-state index in [1.54, 1.807) is 41.2 Å². The van der Waals surface area contributed by atoms with E-state index in [4.69, 9.17) is 0 Å². The number of imidazole rings is 1. The first-order chi connectivity index (χ1) is 12.8. The van der Waals surface area contributed by atoms with Gasteiger partial charge in [0.15, 0.2) is 0 Å². The number of aryl methyl sites for hydroxylation is 1. The third-order valence-corrected chi connectivity index (χ3v) is 4.35. The van der Waals surface area contributed by atoms with E-state index >= 15 is 0 Å². The van der Waals surface area contributed by atoms with Crippen LogP contribution in [0.1, 0.15) is 29.9 Å². The third-order valence-electron chi connectivity index (χ3n) is 4.35. The first kappa shape index (κ1) is 18.8. The fourth-order valence-electron chi connectivity index (χ4n) is 2.88. The number of hydrogen-bond donors (Lipinski definition) is 0. The lowest BCUT2D eigenvalue weighted by atomic mass is 10.0. The lowest BCUT2D eigenvalue weighted by Crippen LogP contribution is -2.36. The maximum Gasteiger partial charge on any atom is 0.274 e. The summed E-state index contributed by atoms with van der Waals surface area (Å²) in [5.74, 6) is -0.946. The van der Waals surface area contributed by atoms with Crippen LogP contribution in [0, 0.1) is 11.6 Å².